The van der Waals surface area contributed by atoms with Gasteiger partial charge in [0.15, 0.2) is 0 Å². The molecule has 0 amide bonds. The average Bonchev–Trinajstić information content (AvgIpc) is 4.12. The predicted molar refractivity (Wildman–Crippen MR) is 298 cm³/mol. The van der Waals surface area contributed by atoms with Gasteiger partial charge in [0.25, 0.3) is 0 Å². The summed E-state index contributed by atoms with van der Waals surface area (Å²) < 4.78 is 53.2. The third-order valence-corrected chi connectivity index (χ3v) is 19.8. The number of alkyl halides is 5. The lowest BCUT2D eigenvalue weighted by atomic mass is 9.48. The molecule has 0 aromatic heterocycles. The zero-order valence-corrected chi connectivity index (χ0v) is 45.0. The van der Waals surface area contributed by atoms with Gasteiger partial charge >= 0.3 is 0 Å². The Morgan fingerprint density at radius 2 is 1.07 bits per heavy atom. The van der Waals surface area contributed by atoms with E-state index in [0.717, 1.165) is 46.9 Å². The number of hydrogen-bond acceptors (Lipinski definition) is 6. The number of halogens is 5. The van der Waals surface area contributed by atoms with Crippen LogP contribution in [0.25, 0.3) is 11.1 Å². The molecule has 0 radical (unpaired) electrons. The van der Waals surface area contributed by atoms with Gasteiger partial charge in [0.2, 0.25) is 0 Å². The van der Waals surface area contributed by atoms with Gasteiger partial charge in [-0.05, 0) is 183 Å². The minimum Gasteiger partial charge on any atom is -0.378 e. The lowest BCUT2D eigenvalue weighted by Gasteiger charge is -2.70. The van der Waals surface area contributed by atoms with E-state index >= 15 is 0 Å². The Bertz CT molecular complexity index is 2650. The molecule has 73 heavy (non-hydrogen) atoms. The third-order valence-electron chi connectivity index (χ3n) is 19.0. The largest absolute Gasteiger partial charge is 0.378 e. The van der Waals surface area contributed by atoms with Crippen LogP contribution in [-0.2, 0) is 12.8 Å². The highest BCUT2D eigenvalue weighted by Crippen LogP contribution is 2.67. The van der Waals surface area contributed by atoms with E-state index in [1.54, 1.807) is 22.3 Å². The Labute approximate surface area is 445 Å². The quantitative estimate of drug-likeness (QED) is 0.0705. The fourth-order valence-corrected chi connectivity index (χ4v) is 15.8. The van der Waals surface area contributed by atoms with Crippen LogP contribution in [0.15, 0.2) is 108 Å². The number of hydrogen-bond donors (Lipinski definition) is 3. The number of benzene rings is 4. The van der Waals surface area contributed by atoms with E-state index in [2.05, 4.69) is 159 Å². The molecule has 8 atom stereocenters. The number of nitrogens with one attached hydrogen (secondary N) is 3. The normalized spacial score (nSPS) is 34.4. The Hall–Kier alpha value is -3.75. The molecule has 2 saturated heterocycles. The van der Waals surface area contributed by atoms with Crippen LogP contribution in [0.5, 0.6) is 0 Å². The SMILES string of the molecule is C[C@@H]1CC2=C(Cc3ccccc32)[C@@H](c2ccc(N[C@@H]3CN(CCCF)C[C@H]3F)cc2)N1C12CC(C1)C2.C[C@@H]1CC2=C(Cc3ccccc32)[C@@H](c2ccc(N[C@@H]3CNC[C@H]3F)cc2)N1C12CC(C1)C2.FCCCI. The molecule has 0 spiro atoms. The van der Waals surface area contributed by atoms with Crippen LogP contribution in [-0.4, -0.2) is 113 Å². The van der Waals surface area contributed by atoms with E-state index in [1.165, 1.54) is 78.3 Å². The summed E-state index contributed by atoms with van der Waals surface area (Å²) in [6.45, 7) is 7.18. The first-order chi connectivity index (χ1) is 35.6. The van der Waals surface area contributed by atoms with Crippen molar-refractivity contribution >= 4 is 45.1 Å². The lowest BCUT2D eigenvalue weighted by Crippen LogP contribution is -2.71. The first kappa shape index (κ1) is 50.1. The van der Waals surface area contributed by atoms with Crippen molar-refractivity contribution in [3.63, 3.8) is 0 Å². The molecule has 16 rings (SSSR count). The van der Waals surface area contributed by atoms with Crippen LogP contribution in [0.3, 0.4) is 0 Å². The molecule has 12 aliphatic rings. The van der Waals surface area contributed by atoms with Crippen molar-refractivity contribution in [2.24, 2.45) is 11.8 Å². The molecule has 8 fully saturated rings. The van der Waals surface area contributed by atoms with E-state index in [0.29, 0.717) is 80.8 Å². The smallest absolute Gasteiger partial charge is 0.134 e. The zero-order chi connectivity index (χ0) is 50.0. The Morgan fingerprint density at radius 3 is 1.48 bits per heavy atom. The van der Waals surface area contributed by atoms with Crippen LogP contribution in [0.2, 0.25) is 0 Å². The van der Waals surface area contributed by atoms with Gasteiger partial charge in [0.1, 0.15) is 12.3 Å². The molecule has 6 saturated carbocycles. The Balaban J connectivity index is 0.000000137. The number of likely N-dealkylation sites (tertiary alicyclic amines) is 1. The minimum atomic E-state index is -0.923. The number of fused-ring (bicyclic) bond motifs is 4. The molecule has 4 heterocycles. The van der Waals surface area contributed by atoms with Gasteiger partial charge in [0, 0.05) is 71.7 Å². The maximum absolute atomic E-state index is 14.7. The van der Waals surface area contributed by atoms with Crippen molar-refractivity contribution in [2.75, 3.05) is 61.1 Å². The van der Waals surface area contributed by atoms with Crippen molar-refractivity contribution in [1.82, 2.24) is 20.0 Å². The summed E-state index contributed by atoms with van der Waals surface area (Å²) in [7, 11) is 0. The van der Waals surface area contributed by atoms with Gasteiger partial charge in [-0.1, -0.05) is 95.4 Å². The van der Waals surface area contributed by atoms with E-state index in [1.807, 2.05) is 4.90 Å². The fraction of sp³-hybridized carbons (Fsp3) is 0.548. The maximum Gasteiger partial charge on any atom is 0.134 e. The van der Waals surface area contributed by atoms with Crippen molar-refractivity contribution in [1.29, 1.82) is 0 Å². The first-order valence-corrected chi connectivity index (χ1v) is 29.4. The van der Waals surface area contributed by atoms with Crippen molar-refractivity contribution < 1.29 is 17.6 Å². The highest BCUT2D eigenvalue weighted by atomic mass is 127. The molecule has 4 aliphatic heterocycles. The summed E-state index contributed by atoms with van der Waals surface area (Å²) in [5.41, 5.74) is 17.9. The summed E-state index contributed by atoms with van der Waals surface area (Å²) in [5, 5.41) is 9.96. The van der Waals surface area contributed by atoms with Gasteiger partial charge < -0.3 is 16.0 Å². The summed E-state index contributed by atoms with van der Waals surface area (Å²) in [4.78, 5) is 7.82. The van der Waals surface area contributed by atoms with Crippen LogP contribution >= 0.6 is 22.6 Å². The molecule has 4 aromatic rings. The Morgan fingerprint density at radius 1 is 0.589 bits per heavy atom. The zero-order valence-electron chi connectivity index (χ0n) is 42.9. The lowest BCUT2D eigenvalue weighted by molar-refractivity contribution is -0.173. The molecular weight excluding hydrogens is 1030 g/mol. The van der Waals surface area contributed by atoms with Crippen LogP contribution in [0.1, 0.15) is 124 Å². The van der Waals surface area contributed by atoms with Gasteiger partial charge in [-0.3, -0.25) is 23.5 Å². The highest BCUT2D eigenvalue weighted by Gasteiger charge is 2.64. The molecule has 0 unspecified atom stereocenters. The second kappa shape index (κ2) is 20.7. The second-order valence-electron chi connectivity index (χ2n) is 23.8. The fourth-order valence-electron chi connectivity index (χ4n) is 15.5. The average molecular weight is 1110 g/mol. The van der Waals surface area contributed by atoms with Crippen molar-refractivity contribution in [3.8, 4) is 0 Å². The van der Waals surface area contributed by atoms with Crippen molar-refractivity contribution in [3.05, 3.63) is 142 Å². The molecule has 8 aliphatic carbocycles. The van der Waals surface area contributed by atoms with Gasteiger partial charge in [0.05, 0.1) is 37.5 Å². The summed E-state index contributed by atoms with van der Waals surface area (Å²) in [6, 6.07) is 37.2. The van der Waals surface area contributed by atoms with E-state index < -0.39 is 12.3 Å². The van der Waals surface area contributed by atoms with E-state index in [4.69, 9.17) is 0 Å². The highest BCUT2D eigenvalue weighted by molar-refractivity contribution is 14.1. The van der Waals surface area contributed by atoms with Gasteiger partial charge in [-0.2, -0.15) is 0 Å². The molecule has 4 aromatic carbocycles. The second-order valence-corrected chi connectivity index (χ2v) is 24.9. The molecule has 11 heteroatoms. The summed E-state index contributed by atoms with van der Waals surface area (Å²) in [5.74, 6) is 1.92. The monoisotopic (exact) mass is 1110 g/mol. The minimum absolute atomic E-state index is 0.133. The van der Waals surface area contributed by atoms with Crippen LogP contribution < -0.4 is 16.0 Å². The standard InChI is InChI=1S/C31H37F2N3.C28H32FN3.C3H6FI/c1-20-13-26-25-6-3-2-5-23(25)14-27(26)30(36(20)31-15-21(16-31)17-31)22-7-9-24(10-8-22)34-29-19-35(12-4-11-32)18-28(29)33;1-17-10-23-22-5-3-2-4-20(22)11-24(23)27(32(17)28-12-18(13-28)14-28)19-6-8-21(9-7-19)31-26-16-30-15-25(26)29;4-2-1-3-5/h2-3,5-10,20-21,28-30,34H,4,11-19H2,1H3;2-9,17-18,25-27,30-31H,10-16H2,1H3;1-3H2/t20-,21?,28-,29-,30-,31?;17-,18?,25-,26-,27-,28?;/m11./s1. The number of nitrogens with zero attached hydrogens (tertiary/aromatic N) is 3. The molecule has 6 nitrogen and oxygen atoms in total. The molecule has 388 valence electrons. The van der Waals surface area contributed by atoms with Crippen molar-refractivity contribution in [2.45, 2.75) is 151 Å². The molecular formula is C62H75F4IN6. The van der Waals surface area contributed by atoms with E-state index in [-0.39, 0.29) is 25.4 Å². The predicted octanol–water partition coefficient (Wildman–Crippen LogP) is 13.1. The maximum atomic E-state index is 14.7. The molecule has 4 bridgehead atoms. The summed E-state index contributed by atoms with van der Waals surface area (Å²) >= 11 is 2.15. The van der Waals surface area contributed by atoms with Gasteiger partial charge in [-0.25, -0.2) is 8.78 Å². The summed E-state index contributed by atoms with van der Waals surface area (Å²) in [6.07, 6.45) is 12.1. The topological polar surface area (TPSA) is 45.8 Å². The third kappa shape index (κ3) is 9.22. The number of anilines is 2. The van der Waals surface area contributed by atoms with Crippen LogP contribution in [0.4, 0.5) is 28.9 Å². The Kier molecular flexibility index (Phi) is 14.2. The molecule has 3 N–H and O–H groups in total. The number of rotatable bonds is 13. The van der Waals surface area contributed by atoms with Gasteiger partial charge in [-0.15, -0.1) is 0 Å². The van der Waals surface area contributed by atoms with Crippen LogP contribution in [0, 0.1) is 11.8 Å². The first-order valence-electron chi connectivity index (χ1n) is 27.9. The van der Waals surface area contributed by atoms with E-state index in [9.17, 15) is 17.6 Å².